The number of methoxy groups -OCH3 is 1. The second kappa shape index (κ2) is 6.37. The minimum atomic E-state index is 0.0446. The number of benzene rings is 2. The molecule has 0 bridgehead atoms. The molecule has 1 aliphatic carbocycles. The van der Waals surface area contributed by atoms with Crippen LogP contribution in [0.4, 0.5) is 0 Å². The molecule has 0 heterocycles. The topological polar surface area (TPSA) is 9.23 Å². The van der Waals surface area contributed by atoms with E-state index in [9.17, 15) is 0 Å². The van der Waals surface area contributed by atoms with Gasteiger partial charge in [-0.25, -0.2) is 0 Å². The van der Waals surface area contributed by atoms with Gasteiger partial charge in [-0.05, 0) is 48.8 Å². The minimum absolute atomic E-state index is 0.0446. The van der Waals surface area contributed by atoms with Crippen molar-refractivity contribution in [2.45, 2.75) is 59.8 Å². The predicted octanol–water partition coefficient (Wildman–Crippen LogP) is 6.63. The van der Waals surface area contributed by atoms with Gasteiger partial charge in [0, 0.05) is 11.1 Å². The molecule has 0 atom stereocenters. The normalized spacial score (nSPS) is 13.6. The third-order valence-corrected chi connectivity index (χ3v) is 5.15. The zero-order valence-electron chi connectivity index (χ0n) is 16.7. The van der Waals surface area contributed by atoms with Gasteiger partial charge in [-0.15, -0.1) is 0 Å². The molecule has 0 saturated carbocycles. The number of aryl methyl sites for hydroxylation is 2. The highest BCUT2D eigenvalue weighted by molar-refractivity contribution is 5.87. The number of rotatable bonds is 3. The number of hydrogen-bond donors (Lipinski definition) is 0. The van der Waals surface area contributed by atoms with Gasteiger partial charge < -0.3 is 4.74 Å². The SMILES string of the molecule is CCC1=Cc2c(cc(C(C)(C)C)c(OC)c2-c2cc(C)cc(C)c2)C1. The second-order valence-electron chi connectivity index (χ2n) is 8.36. The monoisotopic (exact) mass is 334 g/mol. The molecule has 2 aromatic rings. The first-order valence-corrected chi connectivity index (χ1v) is 9.27. The lowest BCUT2D eigenvalue weighted by Gasteiger charge is -2.26. The van der Waals surface area contributed by atoms with Gasteiger partial charge in [-0.2, -0.15) is 0 Å². The predicted molar refractivity (Wildman–Crippen MR) is 109 cm³/mol. The molecule has 0 saturated heterocycles. The third kappa shape index (κ3) is 3.25. The molecule has 0 unspecified atom stereocenters. The first kappa shape index (κ1) is 17.8. The van der Waals surface area contributed by atoms with Crippen LogP contribution in [0.5, 0.6) is 5.75 Å². The van der Waals surface area contributed by atoms with Crippen LogP contribution in [0.15, 0.2) is 29.8 Å². The Balaban J connectivity index is 2.38. The lowest BCUT2D eigenvalue weighted by atomic mass is 9.81. The Morgan fingerprint density at radius 2 is 1.64 bits per heavy atom. The largest absolute Gasteiger partial charge is 0.496 e. The van der Waals surface area contributed by atoms with Gasteiger partial charge in [0.05, 0.1) is 7.11 Å². The maximum absolute atomic E-state index is 6.00. The fourth-order valence-corrected chi connectivity index (χ4v) is 3.95. The molecule has 25 heavy (non-hydrogen) atoms. The Bertz CT molecular complexity index is 827. The third-order valence-electron chi connectivity index (χ3n) is 5.15. The van der Waals surface area contributed by atoms with Crippen LogP contribution in [0.1, 0.15) is 61.9 Å². The minimum Gasteiger partial charge on any atom is -0.496 e. The average Bonchev–Trinajstić information content (AvgIpc) is 2.93. The quantitative estimate of drug-likeness (QED) is 0.612. The summed E-state index contributed by atoms with van der Waals surface area (Å²) in [7, 11) is 1.81. The summed E-state index contributed by atoms with van der Waals surface area (Å²) in [5.74, 6) is 1.03. The van der Waals surface area contributed by atoms with Crippen molar-refractivity contribution in [3.63, 3.8) is 0 Å². The van der Waals surface area contributed by atoms with Crippen LogP contribution in [0.25, 0.3) is 17.2 Å². The van der Waals surface area contributed by atoms with E-state index in [1.165, 1.54) is 44.5 Å². The Morgan fingerprint density at radius 3 is 2.16 bits per heavy atom. The van der Waals surface area contributed by atoms with Crippen molar-refractivity contribution in [2.24, 2.45) is 0 Å². The Labute approximate surface area is 152 Å². The summed E-state index contributed by atoms with van der Waals surface area (Å²) >= 11 is 0. The standard InChI is InChI=1S/C24H30O/c1-8-17-12-18-14-21(24(4,5)6)23(25-7)22(20(18)13-17)19-10-15(2)9-16(3)11-19/h9-11,13-14H,8,12H2,1-7H3. The van der Waals surface area contributed by atoms with Crippen LogP contribution in [-0.2, 0) is 11.8 Å². The van der Waals surface area contributed by atoms with Crippen LogP contribution >= 0.6 is 0 Å². The van der Waals surface area contributed by atoms with Crippen LogP contribution in [0.2, 0.25) is 0 Å². The number of hydrogen-bond acceptors (Lipinski definition) is 1. The molecule has 0 fully saturated rings. The molecule has 1 heteroatoms. The van der Waals surface area contributed by atoms with Crippen molar-refractivity contribution in [3.8, 4) is 16.9 Å². The summed E-state index contributed by atoms with van der Waals surface area (Å²) < 4.78 is 6.00. The van der Waals surface area contributed by atoms with E-state index >= 15 is 0 Å². The number of fused-ring (bicyclic) bond motifs is 1. The van der Waals surface area contributed by atoms with E-state index in [0.717, 1.165) is 18.6 Å². The van der Waals surface area contributed by atoms with Gasteiger partial charge >= 0.3 is 0 Å². The van der Waals surface area contributed by atoms with Gasteiger partial charge in [0.25, 0.3) is 0 Å². The van der Waals surface area contributed by atoms with E-state index in [2.05, 4.69) is 71.9 Å². The van der Waals surface area contributed by atoms with Crippen LogP contribution in [0.3, 0.4) is 0 Å². The highest BCUT2D eigenvalue weighted by Crippen LogP contribution is 2.46. The number of ether oxygens (including phenoxy) is 1. The molecule has 1 nitrogen and oxygen atoms in total. The van der Waals surface area contributed by atoms with E-state index in [-0.39, 0.29) is 5.41 Å². The molecule has 0 aromatic heterocycles. The lowest BCUT2D eigenvalue weighted by molar-refractivity contribution is 0.399. The summed E-state index contributed by atoms with van der Waals surface area (Å²) in [4.78, 5) is 0. The maximum Gasteiger partial charge on any atom is 0.131 e. The van der Waals surface area contributed by atoms with Gasteiger partial charge in [-0.1, -0.05) is 74.7 Å². The molecule has 3 rings (SSSR count). The van der Waals surface area contributed by atoms with Gasteiger partial charge in [0.2, 0.25) is 0 Å². The first-order valence-electron chi connectivity index (χ1n) is 9.27. The van der Waals surface area contributed by atoms with Crippen molar-refractivity contribution < 1.29 is 4.74 Å². The zero-order valence-corrected chi connectivity index (χ0v) is 16.7. The molecule has 0 amide bonds. The Hall–Kier alpha value is -2.02. The van der Waals surface area contributed by atoms with E-state index in [1.807, 2.05) is 7.11 Å². The van der Waals surface area contributed by atoms with Crippen molar-refractivity contribution >= 4 is 6.08 Å². The number of allylic oxidation sites excluding steroid dienone is 1. The van der Waals surface area contributed by atoms with Crippen molar-refractivity contribution in [1.29, 1.82) is 0 Å². The van der Waals surface area contributed by atoms with E-state index in [1.54, 1.807) is 0 Å². The molecule has 2 aromatic carbocycles. The Kier molecular flexibility index (Phi) is 4.53. The van der Waals surface area contributed by atoms with Crippen LogP contribution < -0.4 is 4.74 Å². The summed E-state index contributed by atoms with van der Waals surface area (Å²) in [6.45, 7) is 13.4. The fourth-order valence-electron chi connectivity index (χ4n) is 3.95. The molecular formula is C24H30O. The summed E-state index contributed by atoms with van der Waals surface area (Å²) in [5.41, 5.74) is 10.8. The molecule has 132 valence electrons. The smallest absolute Gasteiger partial charge is 0.131 e. The molecule has 1 aliphatic rings. The molecule has 0 N–H and O–H groups in total. The van der Waals surface area contributed by atoms with Gasteiger partial charge in [0.15, 0.2) is 0 Å². The Morgan fingerprint density at radius 1 is 1.00 bits per heavy atom. The summed E-state index contributed by atoms with van der Waals surface area (Å²) in [6.07, 6.45) is 4.56. The maximum atomic E-state index is 6.00. The molecular weight excluding hydrogens is 304 g/mol. The molecule has 0 radical (unpaired) electrons. The lowest BCUT2D eigenvalue weighted by Crippen LogP contribution is -2.14. The van der Waals surface area contributed by atoms with Crippen LogP contribution in [0, 0.1) is 13.8 Å². The van der Waals surface area contributed by atoms with E-state index < -0.39 is 0 Å². The summed E-state index contributed by atoms with van der Waals surface area (Å²) in [6, 6.07) is 9.18. The average molecular weight is 335 g/mol. The van der Waals surface area contributed by atoms with Crippen molar-refractivity contribution in [2.75, 3.05) is 7.11 Å². The molecule has 0 spiro atoms. The van der Waals surface area contributed by atoms with Crippen LogP contribution in [-0.4, -0.2) is 7.11 Å². The second-order valence-corrected chi connectivity index (χ2v) is 8.36. The fraction of sp³-hybridized carbons (Fsp3) is 0.417. The van der Waals surface area contributed by atoms with Crippen molar-refractivity contribution in [1.82, 2.24) is 0 Å². The van der Waals surface area contributed by atoms with Gasteiger partial charge in [-0.3, -0.25) is 0 Å². The summed E-state index contributed by atoms with van der Waals surface area (Å²) in [5, 5.41) is 0. The molecule has 0 aliphatic heterocycles. The van der Waals surface area contributed by atoms with Crippen molar-refractivity contribution in [3.05, 3.63) is 57.7 Å². The van der Waals surface area contributed by atoms with E-state index in [4.69, 9.17) is 4.74 Å². The zero-order chi connectivity index (χ0) is 18.4. The van der Waals surface area contributed by atoms with Gasteiger partial charge in [0.1, 0.15) is 5.75 Å². The first-order chi connectivity index (χ1) is 11.7. The van der Waals surface area contributed by atoms with E-state index in [0.29, 0.717) is 0 Å². The highest BCUT2D eigenvalue weighted by atomic mass is 16.5. The highest BCUT2D eigenvalue weighted by Gasteiger charge is 2.28.